The second kappa shape index (κ2) is 3.59. The average Bonchev–Trinajstić information content (AvgIpc) is 2.56. The number of carbonyl (C=O) groups excluding carboxylic acids is 1. The molecule has 0 saturated heterocycles. The van der Waals surface area contributed by atoms with Gasteiger partial charge < -0.3 is 9.30 Å². The Hall–Kier alpha value is -2.06. The molecule has 0 saturated carbocycles. The molecule has 0 fully saturated rings. The maximum Gasteiger partial charge on any atom is 0.242 e. The first-order valence-electron chi connectivity index (χ1n) is 4.47. The van der Waals surface area contributed by atoms with Crippen LogP contribution in [0.2, 0.25) is 0 Å². The number of methoxy groups -OCH3 is 1. The van der Waals surface area contributed by atoms with Crippen LogP contribution in [0.5, 0.6) is 5.75 Å². The first-order valence-corrected chi connectivity index (χ1v) is 4.47. The molecule has 0 atom stereocenters. The zero-order chi connectivity index (χ0) is 10.8. The molecule has 2 rings (SSSR count). The monoisotopic (exact) mass is 202 g/mol. The maximum absolute atomic E-state index is 10.2. The zero-order valence-electron chi connectivity index (χ0n) is 8.52. The Bertz CT molecular complexity index is 551. The predicted molar refractivity (Wildman–Crippen MR) is 57.3 cm³/mol. The third-order valence-corrected chi connectivity index (χ3v) is 2.39. The predicted octanol–water partition coefficient (Wildman–Crippen LogP) is 2.15. The largest absolute Gasteiger partial charge is 0.497 e. The van der Waals surface area contributed by atoms with E-state index in [0.717, 1.165) is 16.7 Å². The molecule has 0 aliphatic carbocycles. The maximum atomic E-state index is 10.2. The van der Waals surface area contributed by atoms with Crippen molar-refractivity contribution in [1.82, 2.24) is 4.57 Å². The van der Waals surface area contributed by atoms with E-state index in [1.807, 2.05) is 35.9 Å². The Morgan fingerprint density at radius 2 is 2.20 bits per heavy atom. The van der Waals surface area contributed by atoms with Gasteiger partial charge in [0.05, 0.1) is 12.6 Å². The number of rotatable bonds is 2. The van der Waals surface area contributed by atoms with Crippen LogP contribution in [0.25, 0.3) is 10.9 Å². The highest BCUT2D eigenvalue weighted by atomic mass is 16.5. The molecule has 0 unspecified atom stereocenters. The van der Waals surface area contributed by atoms with Gasteiger partial charge in [0.2, 0.25) is 6.08 Å². The quantitative estimate of drug-likeness (QED) is 0.553. The summed E-state index contributed by atoms with van der Waals surface area (Å²) >= 11 is 0. The molecule has 0 aliphatic rings. The van der Waals surface area contributed by atoms with Crippen LogP contribution in [0.15, 0.2) is 29.3 Å². The summed E-state index contributed by atoms with van der Waals surface area (Å²) in [6.45, 7) is 0. The fourth-order valence-electron chi connectivity index (χ4n) is 1.58. The van der Waals surface area contributed by atoms with Crippen molar-refractivity contribution in [3.63, 3.8) is 0 Å². The van der Waals surface area contributed by atoms with Crippen molar-refractivity contribution in [3.8, 4) is 5.75 Å². The molecule has 1 aromatic heterocycles. The molecular formula is C11H10N2O2. The molecular weight excluding hydrogens is 192 g/mol. The molecule has 1 aromatic carbocycles. The number of aromatic nitrogens is 1. The van der Waals surface area contributed by atoms with Gasteiger partial charge in [-0.3, -0.25) is 0 Å². The Kier molecular flexibility index (Phi) is 2.27. The molecule has 15 heavy (non-hydrogen) atoms. The molecule has 1 heterocycles. The number of aliphatic imine (C=N–C) groups is 1. The van der Waals surface area contributed by atoms with E-state index in [0.29, 0.717) is 5.82 Å². The van der Waals surface area contributed by atoms with Crippen molar-refractivity contribution in [3.05, 3.63) is 24.3 Å². The highest BCUT2D eigenvalue weighted by Gasteiger charge is 2.05. The number of nitrogens with zero attached hydrogens (tertiary/aromatic N) is 2. The minimum Gasteiger partial charge on any atom is -0.497 e. The van der Waals surface area contributed by atoms with E-state index in [1.54, 1.807) is 7.11 Å². The van der Waals surface area contributed by atoms with Gasteiger partial charge in [0.25, 0.3) is 0 Å². The fourth-order valence-corrected chi connectivity index (χ4v) is 1.58. The van der Waals surface area contributed by atoms with E-state index < -0.39 is 0 Å². The van der Waals surface area contributed by atoms with E-state index in [2.05, 4.69) is 4.99 Å². The SMILES string of the molecule is COc1ccc2cc(N=C=O)n(C)c2c1. The summed E-state index contributed by atoms with van der Waals surface area (Å²) in [5.41, 5.74) is 0.975. The minimum absolute atomic E-state index is 0.591. The molecule has 0 radical (unpaired) electrons. The topological polar surface area (TPSA) is 43.6 Å². The average molecular weight is 202 g/mol. The molecule has 76 valence electrons. The van der Waals surface area contributed by atoms with Gasteiger partial charge in [0, 0.05) is 18.5 Å². The Morgan fingerprint density at radius 1 is 1.40 bits per heavy atom. The minimum atomic E-state index is 0.591. The van der Waals surface area contributed by atoms with Gasteiger partial charge in [-0.1, -0.05) is 0 Å². The lowest BCUT2D eigenvalue weighted by molar-refractivity contribution is 0.415. The smallest absolute Gasteiger partial charge is 0.242 e. The van der Waals surface area contributed by atoms with Crippen LogP contribution in [0.4, 0.5) is 5.82 Å². The van der Waals surface area contributed by atoms with Gasteiger partial charge in [-0.2, -0.15) is 0 Å². The Morgan fingerprint density at radius 3 is 2.87 bits per heavy atom. The summed E-state index contributed by atoms with van der Waals surface area (Å²) in [6, 6.07) is 7.54. The van der Waals surface area contributed by atoms with Crippen LogP contribution >= 0.6 is 0 Å². The first kappa shape index (κ1) is 9.49. The normalized spacial score (nSPS) is 10.0. The van der Waals surface area contributed by atoms with Crippen molar-refractivity contribution in [1.29, 1.82) is 0 Å². The second-order valence-corrected chi connectivity index (χ2v) is 3.19. The Labute approximate surface area is 86.8 Å². The van der Waals surface area contributed by atoms with Crippen LogP contribution in [0.1, 0.15) is 0 Å². The Balaban J connectivity index is 2.71. The van der Waals surface area contributed by atoms with E-state index in [9.17, 15) is 4.79 Å². The van der Waals surface area contributed by atoms with Crippen molar-refractivity contribution >= 4 is 22.8 Å². The number of ether oxygens (including phenoxy) is 1. The number of aryl methyl sites for hydroxylation is 1. The van der Waals surface area contributed by atoms with E-state index in [-0.39, 0.29) is 0 Å². The molecule has 0 N–H and O–H groups in total. The fraction of sp³-hybridized carbons (Fsp3) is 0.182. The highest BCUT2D eigenvalue weighted by molar-refractivity contribution is 5.85. The van der Waals surface area contributed by atoms with Crippen molar-refractivity contribution < 1.29 is 9.53 Å². The van der Waals surface area contributed by atoms with Gasteiger partial charge in [-0.05, 0) is 18.2 Å². The second-order valence-electron chi connectivity index (χ2n) is 3.19. The van der Waals surface area contributed by atoms with E-state index >= 15 is 0 Å². The summed E-state index contributed by atoms with van der Waals surface area (Å²) < 4.78 is 6.95. The van der Waals surface area contributed by atoms with Gasteiger partial charge >= 0.3 is 0 Å². The van der Waals surface area contributed by atoms with Crippen LogP contribution in [-0.4, -0.2) is 17.8 Å². The summed E-state index contributed by atoms with van der Waals surface area (Å²) in [6.07, 6.45) is 1.54. The van der Waals surface area contributed by atoms with Crippen LogP contribution in [0, 0.1) is 0 Å². The molecule has 2 aromatic rings. The van der Waals surface area contributed by atoms with Crippen LogP contribution < -0.4 is 4.74 Å². The molecule has 0 spiro atoms. The number of fused-ring (bicyclic) bond motifs is 1. The van der Waals surface area contributed by atoms with Gasteiger partial charge in [0.15, 0.2) is 0 Å². The summed E-state index contributed by atoms with van der Waals surface area (Å²) in [5.74, 6) is 1.37. The van der Waals surface area contributed by atoms with Gasteiger partial charge in [-0.15, -0.1) is 4.99 Å². The third kappa shape index (κ3) is 1.51. The lowest BCUT2D eigenvalue weighted by Crippen LogP contribution is -1.87. The number of hydrogen-bond acceptors (Lipinski definition) is 3. The lowest BCUT2D eigenvalue weighted by Gasteiger charge is -2.01. The molecule has 4 nitrogen and oxygen atoms in total. The number of benzene rings is 1. The van der Waals surface area contributed by atoms with Crippen molar-refractivity contribution in [2.75, 3.05) is 7.11 Å². The lowest BCUT2D eigenvalue weighted by atomic mass is 10.2. The standard InChI is InChI=1S/C11H10N2O2/c1-13-10-6-9(15-2)4-3-8(10)5-11(13)12-7-14/h3-6H,1-2H3. The van der Waals surface area contributed by atoms with Crippen molar-refractivity contribution in [2.24, 2.45) is 12.0 Å². The summed E-state index contributed by atoms with van der Waals surface area (Å²) in [7, 11) is 3.46. The van der Waals surface area contributed by atoms with Crippen LogP contribution in [-0.2, 0) is 11.8 Å². The molecule has 4 heteroatoms. The first-order chi connectivity index (χ1) is 7.26. The molecule has 0 bridgehead atoms. The number of hydrogen-bond donors (Lipinski definition) is 0. The van der Waals surface area contributed by atoms with Gasteiger partial charge in [-0.25, -0.2) is 4.79 Å². The van der Waals surface area contributed by atoms with Crippen molar-refractivity contribution in [2.45, 2.75) is 0 Å². The van der Waals surface area contributed by atoms with Gasteiger partial charge in [0.1, 0.15) is 11.6 Å². The van der Waals surface area contributed by atoms with E-state index in [4.69, 9.17) is 4.74 Å². The summed E-state index contributed by atoms with van der Waals surface area (Å²) in [5, 5.41) is 1.02. The van der Waals surface area contributed by atoms with E-state index in [1.165, 1.54) is 6.08 Å². The zero-order valence-corrected chi connectivity index (χ0v) is 8.52. The highest BCUT2D eigenvalue weighted by Crippen LogP contribution is 2.27. The third-order valence-electron chi connectivity index (χ3n) is 2.39. The number of isocyanates is 1. The van der Waals surface area contributed by atoms with Crippen LogP contribution in [0.3, 0.4) is 0 Å². The molecule has 0 aliphatic heterocycles. The summed E-state index contributed by atoms with van der Waals surface area (Å²) in [4.78, 5) is 13.8. The molecule has 0 amide bonds.